The molecule has 0 heterocycles. The number of nitrogens with one attached hydrogen (secondary N) is 1. The number of aliphatic carboxylic acids is 1. The van der Waals surface area contributed by atoms with E-state index in [1.165, 1.54) is 24.3 Å². The van der Waals surface area contributed by atoms with Gasteiger partial charge in [0.2, 0.25) is 5.91 Å². The highest BCUT2D eigenvalue weighted by Gasteiger charge is 2.35. The lowest BCUT2D eigenvalue weighted by atomic mass is 9.93. The van der Waals surface area contributed by atoms with Gasteiger partial charge in [-0.05, 0) is 31.1 Å². The molecule has 2 N–H and O–H groups in total. The summed E-state index contributed by atoms with van der Waals surface area (Å²) in [5.41, 5.74) is -1.23. The van der Waals surface area contributed by atoms with Crippen molar-refractivity contribution >= 4 is 29.6 Å². The molecule has 0 aromatic heterocycles. The quantitative estimate of drug-likeness (QED) is 0.792. The summed E-state index contributed by atoms with van der Waals surface area (Å²) in [6, 6.07) is 4.18. The number of carboxylic acids is 1. The number of halogens is 2. The van der Waals surface area contributed by atoms with Gasteiger partial charge in [-0.15, -0.1) is 0 Å². The molecule has 4 nitrogen and oxygen atoms in total. The molecule has 1 rings (SSSR count). The maximum Gasteiger partial charge on any atom is 0.329 e. The summed E-state index contributed by atoms with van der Waals surface area (Å²) < 4.78 is 13.5. The summed E-state index contributed by atoms with van der Waals surface area (Å²) in [4.78, 5) is 23.1. The van der Waals surface area contributed by atoms with Gasteiger partial charge in [0.25, 0.3) is 0 Å². The Balaban J connectivity index is 2.91. The molecular formula is C15H17ClFNO3. The van der Waals surface area contributed by atoms with E-state index in [-0.39, 0.29) is 23.4 Å². The summed E-state index contributed by atoms with van der Waals surface area (Å²) in [6.07, 6.45) is 2.80. The van der Waals surface area contributed by atoms with Gasteiger partial charge in [0.1, 0.15) is 11.4 Å². The lowest BCUT2D eigenvalue weighted by Crippen LogP contribution is -2.53. The second kappa shape index (κ2) is 7.22. The Morgan fingerprint density at radius 2 is 2.00 bits per heavy atom. The fourth-order valence-electron chi connectivity index (χ4n) is 1.89. The molecular weight excluding hydrogens is 297 g/mol. The number of amides is 1. The van der Waals surface area contributed by atoms with Gasteiger partial charge in [0.15, 0.2) is 0 Å². The Hall–Kier alpha value is -1.88. The van der Waals surface area contributed by atoms with Crippen LogP contribution in [-0.2, 0) is 9.59 Å². The second-order valence-corrected chi connectivity index (χ2v) is 4.96. The lowest BCUT2D eigenvalue weighted by Gasteiger charge is -2.27. The Labute approximate surface area is 127 Å². The van der Waals surface area contributed by atoms with E-state index in [0.717, 1.165) is 6.08 Å². The molecule has 0 aliphatic heterocycles. The molecule has 21 heavy (non-hydrogen) atoms. The minimum Gasteiger partial charge on any atom is -0.480 e. The normalized spacial score (nSPS) is 11.6. The van der Waals surface area contributed by atoms with Crippen LogP contribution < -0.4 is 5.32 Å². The highest BCUT2D eigenvalue weighted by Crippen LogP contribution is 2.20. The van der Waals surface area contributed by atoms with Crippen LogP contribution in [0, 0.1) is 5.82 Å². The number of rotatable bonds is 6. The van der Waals surface area contributed by atoms with Crippen LogP contribution in [0.25, 0.3) is 6.08 Å². The van der Waals surface area contributed by atoms with Gasteiger partial charge in [0, 0.05) is 11.6 Å². The van der Waals surface area contributed by atoms with Gasteiger partial charge >= 0.3 is 5.97 Å². The molecule has 0 aliphatic carbocycles. The van der Waals surface area contributed by atoms with Crippen molar-refractivity contribution in [3.8, 4) is 0 Å². The van der Waals surface area contributed by atoms with E-state index in [9.17, 15) is 19.1 Å². The number of carbonyl (C=O) groups is 2. The van der Waals surface area contributed by atoms with Gasteiger partial charge < -0.3 is 10.4 Å². The largest absolute Gasteiger partial charge is 0.480 e. The fourth-order valence-corrected chi connectivity index (χ4v) is 2.12. The van der Waals surface area contributed by atoms with Crippen LogP contribution >= 0.6 is 11.6 Å². The highest BCUT2D eigenvalue weighted by molar-refractivity contribution is 6.32. The first-order valence-corrected chi connectivity index (χ1v) is 6.91. The summed E-state index contributed by atoms with van der Waals surface area (Å²) in [6.45, 7) is 3.35. The number of carbonyl (C=O) groups excluding carboxylic acids is 1. The lowest BCUT2D eigenvalue weighted by molar-refractivity contribution is -0.147. The molecule has 114 valence electrons. The predicted molar refractivity (Wildman–Crippen MR) is 79.5 cm³/mol. The van der Waals surface area contributed by atoms with Crippen molar-refractivity contribution in [3.05, 3.63) is 40.7 Å². The predicted octanol–water partition coefficient (Wildman–Crippen LogP) is 3.25. The number of benzene rings is 1. The topological polar surface area (TPSA) is 66.4 Å². The fraction of sp³-hybridized carbons (Fsp3) is 0.333. The zero-order chi connectivity index (χ0) is 16.0. The van der Waals surface area contributed by atoms with Crippen LogP contribution in [0.3, 0.4) is 0 Å². The standard InChI is InChI=1S/C15H17ClFNO3/c1-3-15(4-2,14(20)21)18-13(19)9-8-10-11(16)6-5-7-12(10)17/h5-9H,3-4H2,1-2H3,(H,18,19)(H,20,21). The van der Waals surface area contributed by atoms with E-state index in [0.29, 0.717) is 0 Å². The van der Waals surface area contributed by atoms with Crippen LogP contribution in [0.1, 0.15) is 32.3 Å². The molecule has 0 fully saturated rings. The van der Waals surface area contributed by atoms with E-state index < -0.39 is 23.2 Å². The van der Waals surface area contributed by atoms with Crippen LogP contribution in [0.2, 0.25) is 5.02 Å². The molecule has 6 heteroatoms. The number of carboxylic acid groups (broad SMARTS) is 1. The maximum atomic E-state index is 13.5. The average Bonchev–Trinajstić information content (AvgIpc) is 2.44. The minimum absolute atomic E-state index is 0.0863. The van der Waals surface area contributed by atoms with E-state index in [4.69, 9.17) is 11.6 Å². The van der Waals surface area contributed by atoms with Crippen molar-refractivity contribution in [1.29, 1.82) is 0 Å². The SMILES string of the molecule is CCC(CC)(NC(=O)C=Cc1c(F)cccc1Cl)C(=O)O. The molecule has 0 spiro atoms. The number of hydrogen-bond donors (Lipinski definition) is 2. The van der Waals surface area contributed by atoms with Crippen molar-refractivity contribution in [2.45, 2.75) is 32.2 Å². The van der Waals surface area contributed by atoms with Crippen LogP contribution in [0.5, 0.6) is 0 Å². The van der Waals surface area contributed by atoms with Crippen LogP contribution in [0.4, 0.5) is 4.39 Å². The van der Waals surface area contributed by atoms with Gasteiger partial charge in [-0.1, -0.05) is 31.5 Å². The monoisotopic (exact) mass is 313 g/mol. The zero-order valence-electron chi connectivity index (χ0n) is 11.8. The molecule has 0 saturated heterocycles. The Morgan fingerprint density at radius 3 is 2.48 bits per heavy atom. The third kappa shape index (κ3) is 4.04. The maximum absolute atomic E-state index is 13.5. The molecule has 0 bridgehead atoms. The molecule has 1 aromatic carbocycles. The first-order valence-electron chi connectivity index (χ1n) is 6.54. The van der Waals surface area contributed by atoms with Crippen molar-refractivity contribution < 1.29 is 19.1 Å². The smallest absolute Gasteiger partial charge is 0.329 e. The molecule has 1 amide bonds. The van der Waals surface area contributed by atoms with Crippen LogP contribution in [-0.4, -0.2) is 22.5 Å². The minimum atomic E-state index is -1.32. The van der Waals surface area contributed by atoms with Gasteiger partial charge in [-0.3, -0.25) is 4.79 Å². The molecule has 0 unspecified atom stereocenters. The summed E-state index contributed by atoms with van der Waals surface area (Å²) in [7, 11) is 0. The van der Waals surface area contributed by atoms with Gasteiger partial charge in [-0.25, -0.2) is 9.18 Å². The third-order valence-corrected chi connectivity index (χ3v) is 3.71. The second-order valence-electron chi connectivity index (χ2n) is 4.55. The Kier molecular flexibility index (Phi) is 5.90. The van der Waals surface area contributed by atoms with Gasteiger partial charge in [-0.2, -0.15) is 0 Å². The number of hydrogen-bond acceptors (Lipinski definition) is 2. The molecule has 0 saturated carbocycles. The average molecular weight is 314 g/mol. The Morgan fingerprint density at radius 1 is 1.38 bits per heavy atom. The summed E-state index contributed by atoms with van der Waals surface area (Å²) in [5, 5.41) is 11.8. The van der Waals surface area contributed by atoms with Crippen molar-refractivity contribution in [3.63, 3.8) is 0 Å². The van der Waals surface area contributed by atoms with Crippen LogP contribution in [0.15, 0.2) is 24.3 Å². The van der Waals surface area contributed by atoms with Crippen molar-refractivity contribution in [1.82, 2.24) is 5.32 Å². The van der Waals surface area contributed by atoms with E-state index in [1.54, 1.807) is 13.8 Å². The van der Waals surface area contributed by atoms with Crippen molar-refractivity contribution in [2.24, 2.45) is 0 Å². The molecule has 0 atom stereocenters. The molecule has 1 aromatic rings. The van der Waals surface area contributed by atoms with Crippen molar-refractivity contribution in [2.75, 3.05) is 0 Å². The summed E-state index contributed by atoms with van der Waals surface area (Å²) >= 11 is 5.83. The van der Waals surface area contributed by atoms with E-state index >= 15 is 0 Å². The van der Waals surface area contributed by atoms with Gasteiger partial charge in [0.05, 0.1) is 5.02 Å². The zero-order valence-corrected chi connectivity index (χ0v) is 12.6. The molecule has 0 aliphatic rings. The Bertz CT molecular complexity index is 548. The third-order valence-electron chi connectivity index (χ3n) is 3.38. The first kappa shape index (κ1) is 17.2. The van der Waals surface area contributed by atoms with E-state index in [2.05, 4.69) is 5.32 Å². The summed E-state index contributed by atoms with van der Waals surface area (Å²) in [5.74, 6) is -2.26. The van der Waals surface area contributed by atoms with E-state index in [1.807, 2.05) is 0 Å². The highest BCUT2D eigenvalue weighted by atomic mass is 35.5. The first-order chi connectivity index (χ1) is 9.86. The molecule has 0 radical (unpaired) electrons.